The molecule has 19 heavy (non-hydrogen) atoms. The van der Waals surface area contributed by atoms with Gasteiger partial charge >= 0.3 is 0 Å². The number of rotatable bonds is 4. The molecule has 0 N–H and O–H groups in total. The van der Waals surface area contributed by atoms with Crippen LogP contribution >= 0.6 is 27.7 Å². The number of piperidine rings is 1. The maximum atomic E-state index is 3.62. The summed E-state index contributed by atoms with van der Waals surface area (Å²) in [6.45, 7) is 2.59. The molecule has 2 heterocycles. The normalized spacial score (nSPS) is 27.4. The van der Waals surface area contributed by atoms with Gasteiger partial charge in [-0.15, -0.1) is 11.8 Å². The molecule has 2 aliphatic heterocycles. The smallest absolute Gasteiger partial charge is 0.0263 e. The number of thioether (sulfide) groups is 1. The number of nitrogens with zero attached hydrogens (tertiary/aromatic N) is 1. The molecule has 1 fully saturated rings. The van der Waals surface area contributed by atoms with E-state index in [1.54, 1.807) is 5.56 Å². The van der Waals surface area contributed by atoms with Gasteiger partial charge in [-0.1, -0.05) is 40.5 Å². The van der Waals surface area contributed by atoms with E-state index < -0.39 is 0 Å². The molecule has 1 saturated heterocycles. The number of hydrogen-bond acceptors (Lipinski definition) is 2. The molecule has 0 saturated carbocycles. The van der Waals surface area contributed by atoms with Crippen molar-refractivity contribution in [3.05, 3.63) is 29.8 Å². The Morgan fingerprint density at radius 2 is 2.16 bits per heavy atom. The summed E-state index contributed by atoms with van der Waals surface area (Å²) in [5.74, 6) is 0. The number of halogens is 1. The summed E-state index contributed by atoms with van der Waals surface area (Å²) in [5.41, 5.74) is 1.56. The highest BCUT2D eigenvalue weighted by atomic mass is 79.9. The Hall–Kier alpha value is 0.01000. The lowest BCUT2D eigenvalue weighted by molar-refractivity contribution is 0.146. The highest BCUT2D eigenvalue weighted by Gasteiger charge is 2.28. The molecule has 3 heteroatoms. The van der Waals surface area contributed by atoms with E-state index in [2.05, 4.69) is 56.9 Å². The summed E-state index contributed by atoms with van der Waals surface area (Å²) in [7, 11) is 0. The van der Waals surface area contributed by atoms with E-state index in [-0.39, 0.29) is 0 Å². The Labute approximate surface area is 129 Å². The molecule has 1 aromatic carbocycles. The van der Waals surface area contributed by atoms with Gasteiger partial charge in [0.1, 0.15) is 0 Å². The first-order valence-electron chi connectivity index (χ1n) is 7.41. The van der Waals surface area contributed by atoms with Crippen LogP contribution in [0.5, 0.6) is 0 Å². The second-order valence-electron chi connectivity index (χ2n) is 5.67. The van der Waals surface area contributed by atoms with Crippen LogP contribution in [0.2, 0.25) is 0 Å². The Morgan fingerprint density at radius 1 is 1.26 bits per heavy atom. The van der Waals surface area contributed by atoms with Crippen LogP contribution in [0.25, 0.3) is 0 Å². The van der Waals surface area contributed by atoms with Crippen molar-refractivity contribution in [3.8, 4) is 0 Å². The van der Waals surface area contributed by atoms with Gasteiger partial charge in [-0.05, 0) is 43.9 Å². The van der Waals surface area contributed by atoms with Crippen LogP contribution in [0.4, 0.5) is 0 Å². The second kappa shape index (κ2) is 6.64. The molecule has 104 valence electrons. The van der Waals surface area contributed by atoms with Gasteiger partial charge in [0.25, 0.3) is 0 Å². The van der Waals surface area contributed by atoms with Crippen molar-refractivity contribution in [1.29, 1.82) is 0 Å². The van der Waals surface area contributed by atoms with Gasteiger partial charge in [0, 0.05) is 28.1 Å². The Kier molecular flexibility index (Phi) is 4.88. The van der Waals surface area contributed by atoms with Crippen molar-refractivity contribution < 1.29 is 0 Å². The predicted octanol–water partition coefficient (Wildman–Crippen LogP) is 4.34. The third kappa shape index (κ3) is 3.37. The van der Waals surface area contributed by atoms with Crippen molar-refractivity contribution in [2.75, 3.05) is 18.4 Å². The van der Waals surface area contributed by atoms with Gasteiger partial charge in [0.15, 0.2) is 0 Å². The first kappa shape index (κ1) is 14.0. The fourth-order valence-corrected chi connectivity index (χ4v) is 5.25. The van der Waals surface area contributed by atoms with Gasteiger partial charge < -0.3 is 0 Å². The third-order valence-corrected chi connectivity index (χ3v) is 6.10. The van der Waals surface area contributed by atoms with Crippen LogP contribution in [-0.4, -0.2) is 34.6 Å². The van der Waals surface area contributed by atoms with E-state index in [1.807, 2.05) is 0 Å². The highest BCUT2D eigenvalue weighted by molar-refractivity contribution is 9.09. The van der Waals surface area contributed by atoms with Crippen LogP contribution in [0, 0.1) is 0 Å². The molecule has 0 amide bonds. The van der Waals surface area contributed by atoms with Gasteiger partial charge in [0.2, 0.25) is 0 Å². The molecule has 0 spiro atoms. The van der Waals surface area contributed by atoms with Crippen molar-refractivity contribution in [3.63, 3.8) is 0 Å². The molecule has 1 aromatic rings. The van der Waals surface area contributed by atoms with E-state index in [9.17, 15) is 0 Å². The number of benzene rings is 1. The lowest BCUT2D eigenvalue weighted by Crippen LogP contribution is -2.43. The lowest BCUT2D eigenvalue weighted by Gasteiger charge is -2.37. The summed E-state index contributed by atoms with van der Waals surface area (Å²) in [6.07, 6.45) is 6.79. The largest absolute Gasteiger partial charge is 0.299 e. The average molecular weight is 340 g/mol. The quantitative estimate of drug-likeness (QED) is 0.750. The first-order valence-corrected chi connectivity index (χ1v) is 9.41. The van der Waals surface area contributed by atoms with Gasteiger partial charge in [-0.2, -0.15) is 0 Å². The molecular formula is C16H22BrNS. The number of fused-ring (bicyclic) bond motifs is 1. The van der Waals surface area contributed by atoms with Crippen molar-refractivity contribution in [2.24, 2.45) is 0 Å². The molecule has 1 nitrogen and oxygen atoms in total. The molecule has 0 bridgehead atoms. The molecule has 3 rings (SSSR count). The lowest BCUT2D eigenvalue weighted by atomic mass is 9.99. The minimum atomic E-state index is 0.772. The SMILES string of the molecule is BrCCC1CCCCN1CC1Cc2ccccc2S1. The molecule has 0 aromatic heterocycles. The Morgan fingerprint density at radius 3 is 3.00 bits per heavy atom. The van der Waals surface area contributed by atoms with Gasteiger partial charge in [-0.25, -0.2) is 0 Å². The number of likely N-dealkylation sites (tertiary alicyclic amines) is 1. The zero-order valence-electron chi connectivity index (χ0n) is 11.4. The summed E-state index contributed by atoms with van der Waals surface area (Å²) >= 11 is 5.71. The average Bonchev–Trinajstić information content (AvgIpc) is 2.83. The Bertz CT molecular complexity index is 396. The molecule has 0 aliphatic carbocycles. The van der Waals surface area contributed by atoms with Crippen LogP contribution in [0.3, 0.4) is 0 Å². The highest BCUT2D eigenvalue weighted by Crippen LogP contribution is 2.37. The standard InChI is InChI=1S/C16H22BrNS/c17-9-8-14-6-3-4-10-18(14)12-15-11-13-5-1-2-7-16(13)19-15/h1-2,5,7,14-15H,3-4,6,8-12H2. The zero-order valence-corrected chi connectivity index (χ0v) is 13.8. The van der Waals surface area contributed by atoms with E-state index in [0.717, 1.165) is 16.6 Å². The van der Waals surface area contributed by atoms with Crippen molar-refractivity contribution in [1.82, 2.24) is 4.90 Å². The van der Waals surface area contributed by atoms with E-state index in [1.165, 1.54) is 50.1 Å². The van der Waals surface area contributed by atoms with E-state index in [4.69, 9.17) is 0 Å². The summed E-state index contributed by atoms with van der Waals surface area (Å²) in [4.78, 5) is 4.27. The predicted molar refractivity (Wildman–Crippen MR) is 87.4 cm³/mol. The molecule has 2 aliphatic rings. The van der Waals surface area contributed by atoms with Gasteiger partial charge in [-0.3, -0.25) is 4.90 Å². The summed E-state index contributed by atoms with van der Waals surface area (Å²) in [5, 5.41) is 1.92. The summed E-state index contributed by atoms with van der Waals surface area (Å²) < 4.78 is 0. The molecule has 0 radical (unpaired) electrons. The van der Waals surface area contributed by atoms with E-state index in [0.29, 0.717) is 0 Å². The summed E-state index contributed by atoms with van der Waals surface area (Å²) in [6, 6.07) is 9.75. The second-order valence-corrected chi connectivity index (χ2v) is 7.81. The van der Waals surface area contributed by atoms with Crippen LogP contribution in [-0.2, 0) is 6.42 Å². The maximum absolute atomic E-state index is 3.62. The zero-order chi connectivity index (χ0) is 13.1. The number of hydrogen-bond donors (Lipinski definition) is 0. The fourth-order valence-electron chi connectivity index (χ4n) is 3.37. The Balaban J connectivity index is 1.60. The number of alkyl halides is 1. The van der Waals surface area contributed by atoms with Crippen LogP contribution in [0.1, 0.15) is 31.2 Å². The topological polar surface area (TPSA) is 3.24 Å². The first-order chi connectivity index (χ1) is 9.36. The molecule has 2 unspecified atom stereocenters. The minimum Gasteiger partial charge on any atom is -0.299 e. The molecule has 2 atom stereocenters. The van der Waals surface area contributed by atoms with Crippen LogP contribution in [0.15, 0.2) is 29.2 Å². The van der Waals surface area contributed by atoms with Crippen LogP contribution < -0.4 is 0 Å². The van der Waals surface area contributed by atoms with Crippen molar-refractivity contribution >= 4 is 27.7 Å². The fraction of sp³-hybridized carbons (Fsp3) is 0.625. The van der Waals surface area contributed by atoms with Crippen molar-refractivity contribution in [2.45, 2.75) is 48.3 Å². The molecular weight excluding hydrogens is 318 g/mol. The van der Waals surface area contributed by atoms with Gasteiger partial charge in [0.05, 0.1) is 0 Å². The third-order valence-electron chi connectivity index (χ3n) is 4.34. The monoisotopic (exact) mass is 339 g/mol. The maximum Gasteiger partial charge on any atom is 0.0263 e. The minimum absolute atomic E-state index is 0.772. The van der Waals surface area contributed by atoms with E-state index >= 15 is 0 Å².